The van der Waals surface area contributed by atoms with Crippen molar-refractivity contribution < 1.29 is 16.8 Å². The third-order valence-corrected chi connectivity index (χ3v) is 9.75. The fourth-order valence-electron chi connectivity index (χ4n) is 4.38. The van der Waals surface area contributed by atoms with E-state index in [2.05, 4.69) is 16.6 Å². The minimum atomic E-state index is -4.12. The van der Waals surface area contributed by atoms with Crippen molar-refractivity contribution in [2.24, 2.45) is 0 Å². The molecular formula is C33H28N2O4S2. The number of para-hydroxylation sites is 2. The first kappa shape index (κ1) is 28.0. The molecule has 0 aliphatic rings. The quantitative estimate of drug-likeness (QED) is 0.223. The van der Waals surface area contributed by atoms with Crippen molar-refractivity contribution in [2.45, 2.75) is 23.6 Å². The van der Waals surface area contributed by atoms with Crippen LogP contribution in [0, 0.1) is 25.7 Å². The lowest BCUT2D eigenvalue weighted by Gasteiger charge is -2.25. The number of nitrogens with zero attached hydrogens (tertiary/aromatic N) is 1. The molecule has 206 valence electrons. The molecule has 5 rings (SSSR count). The van der Waals surface area contributed by atoms with Crippen molar-refractivity contribution in [3.63, 3.8) is 0 Å². The normalized spacial score (nSPS) is 11.5. The summed E-state index contributed by atoms with van der Waals surface area (Å²) < 4.78 is 58.3. The van der Waals surface area contributed by atoms with Gasteiger partial charge in [-0.15, -0.1) is 0 Å². The van der Waals surface area contributed by atoms with Gasteiger partial charge in [-0.25, -0.2) is 16.8 Å². The highest BCUT2D eigenvalue weighted by Gasteiger charge is 2.27. The molecule has 0 aliphatic heterocycles. The predicted molar refractivity (Wildman–Crippen MR) is 165 cm³/mol. The summed E-state index contributed by atoms with van der Waals surface area (Å²) >= 11 is 0. The summed E-state index contributed by atoms with van der Waals surface area (Å²) in [6, 6.07) is 33.0. The van der Waals surface area contributed by atoms with E-state index in [0.717, 1.165) is 31.8 Å². The molecule has 0 unspecified atom stereocenters. The van der Waals surface area contributed by atoms with Crippen molar-refractivity contribution in [3.05, 3.63) is 132 Å². The molecule has 0 heterocycles. The Balaban J connectivity index is 1.58. The van der Waals surface area contributed by atoms with Crippen molar-refractivity contribution >= 4 is 42.2 Å². The van der Waals surface area contributed by atoms with Crippen LogP contribution in [0.1, 0.15) is 16.7 Å². The van der Waals surface area contributed by atoms with Gasteiger partial charge in [-0.05, 0) is 67.1 Å². The van der Waals surface area contributed by atoms with Crippen molar-refractivity contribution in [1.82, 2.24) is 0 Å². The minimum absolute atomic E-state index is 0.0709. The second-order valence-electron chi connectivity index (χ2n) is 9.59. The molecule has 0 saturated heterocycles. The summed E-state index contributed by atoms with van der Waals surface area (Å²) in [7, 11) is -8.12. The van der Waals surface area contributed by atoms with Crippen LogP contribution >= 0.6 is 0 Å². The summed E-state index contributed by atoms with van der Waals surface area (Å²) in [6.07, 6.45) is 0. The van der Waals surface area contributed by atoms with E-state index in [1.54, 1.807) is 42.5 Å². The lowest BCUT2D eigenvalue weighted by atomic mass is 10.1. The maximum absolute atomic E-state index is 14.0. The molecule has 0 atom stereocenters. The van der Waals surface area contributed by atoms with Crippen molar-refractivity contribution in [1.29, 1.82) is 0 Å². The van der Waals surface area contributed by atoms with Gasteiger partial charge < -0.3 is 0 Å². The molecule has 0 fully saturated rings. The Morgan fingerprint density at radius 2 is 1.24 bits per heavy atom. The number of aryl methyl sites for hydroxylation is 2. The van der Waals surface area contributed by atoms with E-state index in [1.165, 1.54) is 30.3 Å². The van der Waals surface area contributed by atoms with Gasteiger partial charge in [-0.1, -0.05) is 95.8 Å². The number of hydrogen-bond donors (Lipinski definition) is 1. The fourth-order valence-corrected chi connectivity index (χ4v) is 6.84. The molecule has 6 nitrogen and oxygen atoms in total. The topological polar surface area (TPSA) is 83.6 Å². The minimum Gasteiger partial charge on any atom is -0.277 e. The van der Waals surface area contributed by atoms with Crippen LogP contribution in [-0.2, 0) is 20.0 Å². The highest BCUT2D eigenvalue weighted by molar-refractivity contribution is 7.93. The van der Waals surface area contributed by atoms with Gasteiger partial charge in [-0.2, -0.15) is 0 Å². The number of fused-ring (bicyclic) bond motifs is 1. The molecule has 0 aromatic heterocycles. The molecule has 41 heavy (non-hydrogen) atoms. The first-order chi connectivity index (χ1) is 19.6. The lowest BCUT2D eigenvalue weighted by molar-refractivity contribution is 0.592. The molecular weight excluding hydrogens is 553 g/mol. The van der Waals surface area contributed by atoms with Gasteiger partial charge in [0.1, 0.15) is 0 Å². The van der Waals surface area contributed by atoms with Crippen LogP contribution in [0.2, 0.25) is 0 Å². The number of hydrogen-bond acceptors (Lipinski definition) is 4. The first-order valence-corrected chi connectivity index (χ1v) is 15.8. The highest BCUT2D eigenvalue weighted by Crippen LogP contribution is 2.32. The Kier molecular flexibility index (Phi) is 7.84. The van der Waals surface area contributed by atoms with Gasteiger partial charge in [0, 0.05) is 5.56 Å². The lowest BCUT2D eigenvalue weighted by Crippen LogP contribution is -2.32. The second-order valence-corrected chi connectivity index (χ2v) is 13.1. The van der Waals surface area contributed by atoms with Crippen molar-refractivity contribution in [3.8, 4) is 11.8 Å². The number of nitrogens with one attached hydrogen (secondary N) is 1. The highest BCUT2D eigenvalue weighted by atomic mass is 32.2. The SMILES string of the molecule is Cc1ccc(S(=O)(=O)Nc2ccccc2N(CC#Cc2cccc3ccccc23)S(=O)(=O)c2ccc(C)cc2)cc1. The zero-order chi connectivity index (χ0) is 29.0. The summed E-state index contributed by atoms with van der Waals surface area (Å²) in [5.41, 5.74) is 2.89. The van der Waals surface area contributed by atoms with E-state index < -0.39 is 20.0 Å². The summed E-state index contributed by atoms with van der Waals surface area (Å²) in [6.45, 7) is 3.54. The molecule has 0 bridgehead atoms. The molecule has 0 radical (unpaired) electrons. The van der Waals surface area contributed by atoms with Gasteiger partial charge in [-0.3, -0.25) is 9.03 Å². The van der Waals surface area contributed by atoms with Gasteiger partial charge >= 0.3 is 0 Å². The van der Waals surface area contributed by atoms with E-state index in [1.807, 2.05) is 56.3 Å². The predicted octanol–water partition coefficient (Wildman–Crippen LogP) is 6.50. The van der Waals surface area contributed by atoms with Crippen LogP contribution in [0.15, 0.2) is 125 Å². The molecule has 5 aromatic rings. The van der Waals surface area contributed by atoms with Crippen LogP contribution < -0.4 is 9.03 Å². The third kappa shape index (κ3) is 6.12. The molecule has 0 saturated carbocycles. The van der Waals surface area contributed by atoms with E-state index in [-0.39, 0.29) is 27.7 Å². The molecule has 0 aliphatic carbocycles. The first-order valence-electron chi connectivity index (χ1n) is 12.9. The third-order valence-electron chi connectivity index (χ3n) is 6.59. The van der Waals surface area contributed by atoms with E-state index >= 15 is 0 Å². The number of anilines is 2. The molecule has 0 amide bonds. The fraction of sp³-hybridized carbons (Fsp3) is 0.0909. The van der Waals surface area contributed by atoms with E-state index in [0.29, 0.717) is 0 Å². The number of sulfonamides is 2. The Labute approximate surface area is 241 Å². The van der Waals surface area contributed by atoms with E-state index in [9.17, 15) is 16.8 Å². The van der Waals surface area contributed by atoms with Crippen molar-refractivity contribution in [2.75, 3.05) is 15.6 Å². The zero-order valence-electron chi connectivity index (χ0n) is 22.6. The van der Waals surface area contributed by atoms with Crippen LogP contribution in [0.5, 0.6) is 0 Å². The average molecular weight is 581 g/mol. The molecule has 8 heteroatoms. The monoisotopic (exact) mass is 580 g/mol. The van der Waals surface area contributed by atoms with Crippen LogP contribution in [-0.4, -0.2) is 23.4 Å². The average Bonchev–Trinajstić information content (AvgIpc) is 2.96. The van der Waals surface area contributed by atoms with Crippen LogP contribution in [0.25, 0.3) is 10.8 Å². The number of rotatable bonds is 7. The van der Waals surface area contributed by atoms with Gasteiger partial charge in [0.2, 0.25) is 0 Å². The summed E-state index contributed by atoms with van der Waals surface area (Å²) in [5.74, 6) is 6.15. The Bertz CT molecular complexity index is 1990. The number of benzene rings is 5. The molecule has 1 N–H and O–H groups in total. The molecule has 5 aromatic carbocycles. The maximum atomic E-state index is 14.0. The largest absolute Gasteiger partial charge is 0.277 e. The Hall–Kier alpha value is -4.58. The van der Waals surface area contributed by atoms with Gasteiger partial charge in [0.15, 0.2) is 0 Å². The second kappa shape index (κ2) is 11.5. The Morgan fingerprint density at radius 3 is 1.95 bits per heavy atom. The summed E-state index contributed by atoms with van der Waals surface area (Å²) in [4.78, 5) is 0.146. The maximum Gasteiger partial charge on any atom is 0.265 e. The van der Waals surface area contributed by atoms with Crippen LogP contribution in [0.4, 0.5) is 11.4 Å². The standard InChI is InChI=1S/C33H28N2O4S2/c1-25-16-20-29(21-17-25)40(36,37)34-32-14-5-6-15-33(32)35(41(38,39)30-22-18-26(2)19-23-30)24-8-12-28-11-7-10-27-9-3-4-13-31(27)28/h3-7,9-11,13-23,34H,24H2,1-2H3. The van der Waals surface area contributed by atoms with Gasteiger partial charge in [0.25, 0.3) is 20.0 Å². The summed E-state index contributed by atoms with van der Waals surface area (Å²) in [5, 5.41) is 1.99. The van der Waals surface area contributed by atoms with Gasteiger partial charge in [0.05, 0.1) is 27.7 Å². The van der Waals surface area contributed by atoms with E-state index in [4.69, 9.17) is 0 Å². The zero-order valence-corrected chi connectivity index (χ0v) is 24.2. The molecule has 0 spiro atoms. The smallest absolute Gasteiger partial charge is 0.265 e. The Morgan fingerprint density at radius 1 is 0.659 bits per heavy atom. The van der Waals surface area contributed by atoms with Crippen LogP contribution in [0.3, 0.4) is 0 Å².